The van der Waals surface area contributed by atoms with Crippen molar-refractivity contribution in [2.24, 2.45) is 0 Å². The maximum Gasteiger partial charge on any atom is 0.338 e. The van der Waals surface area contributed by atoms with Crippen molar-refractivity contribution in [1.29, 1.82) is 0 Å². The van der Waals surface area contributed by atoms with Crippen LogP contribution >= 0.6 is 0 Å². The first-order valence-electron chi connectivity index (χ1n) is 8.52. The largest absolute Gasteiger partial charge is 0.452 e. The zero-order chi connectivity index (χ0) is 19.3. The molecule has 1 N–H and O–H groups in total. The first-order valence-corrected chi connectivity index (χ1v) is 8.52. The van der Waals surface area contributed by atoms with Crippen LogP contribution in [0.4, 0.5) is 11.4 Å². The number of anilines is 2. The van der Waals surface area contributed by atoms with Gasteiger partial charge >= 0.3 is 5.97 Å². The van der Waals surface area contributed by atoms with Gasteiger partial charge in [-0.2, -0.15) is 0 Å². The Bertz CT molecular complexity index is 792. The van der Waals surface area contributed by atoms with E-state index in [0.29, 0.717) is 5.56 Å². The molecular weight excluding hydrogens is 328 g/mol. The third-order valence-electron chi connectivity index (χ3n) is 3.94. The van der Waals surface area contributed by atoms with Crippen molar-refractivity contribution in [3.8, 4) is 0 Å². The molecule has 2 aromatic rings. The van der Waals surface area contributed by atoms with Gasteiger partial charge in [-0.25, -0.2) is 4.79 Å². The predicted octanol–water partition coefficient (Wildman–Crippen LogP) is 3.85. The highest BCUT2D eigenvalue weighted by Gasteiger charge is 2.19. The fourth-order valence-electron chi connectivity index (χ4n) is 2.56. The highest BCUT2D eigenvalue weighted by molar-refractivity contribution is 5.96. The van der Waals surface area contributed by atoms with E-state index in [4.69, 9.17) is 4.74 Å². The topological polar surface area (TPSA) is 58.6 Å². The Kier molecular flexibility index (Phi) is 6.03. The number of benzene rings is 2. The zero-order valence-electron chi connectivity index (χ0n) is 16.0. The van der Waals surface area contributed by atoms with Crippen LogP contribution in [-0.4, -0.2) is 32.6 Å². The standard InChI is InChI=1S/C21H26N2O3/c1-21(2,3)17-11-6-7-12-18(17)22-19(24)14-26-20(25)15-9-8-10-16(13-15)23(4)5/h6-13H,14H2,1-5H3,(H,22,24). The van der Waals surface area contributed by atoms with Crippen molar-refractivity contribution >= 4 is 23.3 Å². The van der Waals surface area contributed by atoms with Crippen molar-refractivity contribution in [3.63, 3.8) is 0 Å². The van der Waals surface area contributed by atoms with Crippen LogP contribution in [0.2, 0.25) is 0 Å². The Morgan fingerprint density at radius 2 is 1.73 bits per heavy atom. The van der Waals surface area contributed by atoms with E-state index < -0.39 is 5.97 Å². The summed E-state index contributed by atoms with van der Waals surface area (Å²) in [5.74, 6) is -0.883. The van der Waals surface area contributed by atoms with Gasteiger partial charge in [0.15, 0.2) is 6.61 Å². The van der Waals surface area contributed by atoms with Gasteiger partial charge in [0.25, 0.3) is 5.91 Å². The maximum atomic E-state index is 12.2. The highest BCUT2D eigenvalue weighted by Crippen LogP contribution is 2.29. The second kappa shape index (κ2) is 8.04. The van der Waals surface area contributed by atoms with Crippen LogP contribution in [0.1, 0.15) is 36.7 Å². The van der Waals surface area contributed by atoms with E-state index in [1.165, 1.54) is 0 Å². The summed E-state index contributed by atoms with van der Waals surface area (Å²) in [5, 5.41) is 2.83. The minimum absolute atomic E-state index is 0.104. The molecule has 0 bridgehead atoms. The molecule has 0 saturated carbocycles. The number of rotatable bonds is 5. The molecule has 26 heavy (non-hydrogen) atoms. The number of amides is 1. The molecule has 0 fully saturated rings. The number of para-hydroxylation sites is 1. The highest BCUT2D eigenvalue weighted by atomic mass is 16.5. The average Bonchev–Trinajstić information content (AvgIpc) is 2.59. The molecule has 138 valence electrons. The summed E-state index contributed by atoms with van der Waals surface area (Å²) in [7, 11) is 3.79. The Labute approximate surface area is 155 Å². The van der Waals surface area contributed by atoms with Gasteiger partial charge in [0.2, 0.25) is 0 Å². The van der Waals surface area contributed by atoms with Crippen LogP contribution in [0.25, 0.3) is 0 Å². The second-order valence-electron chi connectivity index (χ2n) is 7.36. The number of hydrogen-bond donors (Lipinski definition) is 1. The van der Waals surface area contributed by atoms with E-state index in [1.54, 1.807) is 18.2 Å². The summed E-state index contributed by atoms with van der Waals surface area (Å²) in [6.45, 7) is 5.91. The van der Waals surface area contributed by atoms with Crippen molar-refractivity contribution in [2.45, 2.75) is 26.2 Å². The van der Waals surface area contributed by atoms with Gasteiger partial charge in [0.05, 0.1) is 5.56 Å². The number of carbonyl (C=O) groups excluding carboxylic acids is 2. The SMILES string of the molecule is CN(C)c1cccc(C(=O)OCC(=O)Nc2ccccc2C(C)(C)C)c1. The molecule has 2 aromatic carbocycles. The van der Waals surface area contributed by atoms with Gasteiger partial charge in [-0.15, -0.1) is 0 Å². The number of ether oxygens (including phenoxy) is 1. The second-order valence-corrected chi connectivity index (χ2v) is 7.36. The monoisotopic (exact) mass is 354 g/mol. The van der Waals surface area contributed by atoms with E-state index in [2.05, 4.69) is 26.1 Å². The third-order valence-corrected chi connectivity index (χ3v) is 3.94. The lowest BCUT2D eigenvalue weighted by molar-refractivity contribution is -0.119. The molecule has 0 aromatic heterocycles. The van der Waals surface area contributed by atoms with Crippen LogP contribution in [0, 0.1) is 0 Å². The quantitative estimate of drug-likeness (QED) is 0.829. The van der Waals surface area contributed by atoms with Gasteiger partial charge in [-0.1, -0.05) is 45.0 Å². The summed E-state index contributed by atoms with van der Waals surface area (Å²) >= 11 is 0. The number of hydrogen-bond acceptors (Lipinski definition) is 4. The molecule has 1 amide bonds. The predicted molar refractivity (Wildman–Crippen MR) is 105 cm³/mol. The van der Waals surface area contributed by atoms with E-state index in [0.717, 1.165) is 16.9 Å². The van der Waals surface area contributed by atoms with E-state index in [1.807, 2.05) is 49.3 Å². The van der Waals surface area contributed by atoms with Crippen LogP contribution in [0.15, 0.2) is 48.5 Å². The fourth-order valence-corrected chi connectivity index (χ4v) is 2.56. The molecule has 2 rings (SSSR count). The first-order chi connectivity index (χ1) is 12.2. The molecule has 0 aliphatic carbocycles. The van der Waals surface area contributed by atoms with Crippen molar-refractivity contribution in [3.05, 3.63) is 59.7 Å². The molecule has 0 radical (unpaired) electrons. The van der Waals surface area contributed by atoms with Gasteiger partial charge in [-0.05, 0) is 35.2 Å². The van der Waals surface area contributed by atoms with Crippen molar-refractivity contribution in [2.75, 3.05) is 30.9 Å². The Hall–Kier alpha value is -2.82. The van der Waals surface area contributed by atoms with Crippen LogP contribution < -0.4 is 10.2 Å². The Morgan fingerprint density at radius 3 is 2.38 bits per heavy atom. The molecule has 0 spiro atoms. The summed E-state index contributed by atoms with van der Waals surface area (Å²) in [4.78, 5) is 26.3. The number of carbonyl (C=O) groups is 2. The molecule has 0 atom stereocenters. The van der Waals surface area contributed by atoms with Gasteiger partial charge in [0, 0.05) is 25.5 Å². The Morgan fingerprint density at radius 1 is 1.04 bits per heavy atom. The van der Waals surface area contributed by atoms with Crippen LogP contribution in [-0.2, 0) is 14.9 Å². The van der Waals surface area contributed by atoms with Crippen LogP contribution in [0.3, 0.4) is 0 Å². The van der Waals surface area contributed by atoms with Crippen molar-refractivity contribution in [1.82, 2.24) is 0 Å². The smallest absolute Gasteiger partial charge is 0.338 e. The molecule has 5 heteroatoms. The van der Waals surface area contributed by atoms with Crippen molar-refractivity contribution < 1.29 is 14.3 Å². The van der Waals surface area contributed by atoms with Crippen LogP contribution in [0.5, 0.6) is 0 Å². The van der Waals surface area contributed by atoms with E-state index >= 15 is 0 Å². The zero-order valence-corrected chi connectivity index (χ0v) is 16.0. The third kappa shape index (κ3) is 5.09. The van der Waals surface area contributed by atoms with E-state index in [9.17, 15) is 9.59 Å². The molecule has 0 heterocycles. The maximum absolute atomic E-state index is 12.2. The molecule has 0 unspecified atom stereocenters. The Balaban J connectivity index is 2.00. The minimum Gasteiger partial charge on any atom is -0.452 e. The summed E-state index contributed by atoms with van der Waals surface area (Å²) in [6.07, 6.45) is 0. The lowest BCUT2D eigenvalue weighted by atomic mass is 9.86. The lowest BCUT2D eigenvalue weighted by Crippen LogP contribution is -2.23. The van der Waals surface area contributed by atoms with E-state index in [-0.39, 0.29) is 17.9 Å². The fraction of sp³-hybridized carbons (Fsp3) is 0.333. The van der Waals surface area contributed by atoms with Gasteiger partial charge in [-0.3, -0.25) is 4.79 Å². The number of nitrogens with one attached hydrogen (secondary N) is 1. The number of nitrogens with zero attached hydrogens (tertiary/aromatic N) is 1. The first kappa shape index (κ1) is 19.5. The average molecular weight is 354 g/mol. The molecule has 0 saturated heterocycles. The number of esters is 1. The van der Waals surface area contributed by atoms with Gasteiger partial charge < -0.3 is 15.0 Å². The lowest BCUT2D eigenvalue weighted by Gasteiger charge is -2.23. The molecule has 0 aliphatic heterocycles. The molecule has 5 nitrogen and oxygen atoms in total. The normalized spacial score (nSPS) is 11.0. The minimum atomic E-state index is -0.520. The van der Waals surface area contributed by atoms with Gasteiger partial charge in [0.1, 0.15) is 0 Å². The summed E-state index contributed by atoms with van der Waals surface area (Å²) < 4.78 is 5.15. The summed E-state index contributed by atoms with van der Waals surface area (Å²) in [5.41, 5.74) is 2.96. The molecular formula is C21H26N2O3. The summed E-state index contributed by atoms with van der Waals surface area (Å²) in [6, 6.07) is 14.7. The molecule has 0 aliphatic rings.